The minimum absolute atomic E-state index is 0.123. The molecule has 9 heteroatoms. The Labute approximate surface area is 117 Å². The number of nitrogens with zero attached hydrogens (tertiary/aromatic N) is 1. The lowest BCUT2D eigenvalue weighted by Crippen LogP contribution is -2.32. The van der Waals surface area contributed by atoms with Gasteiger partial charge in [-0.15, -0.1) is 0 Å². The van der Waals surface area contributed by atoms with Crippen molar-refractivity contribution in [3.8, 4) is 0 Å². The van der Waals surface area contributed by atoms with Crippen LogP contribution in [0.25, 0.3) is 0 Å². The number of alkyl halides is 5. The first-order chi connectivity index (χ1) is 9.66. The summed E-state index contributed by atoms with van der Waals surface area (Å²) in [7, 11) is 0. The molecule has 0 saturated heterocycles. The second-order valence-electron chi connectivity index (χ2n) is 4.20. The van der Waals surface area contributed by atoms with Crippen LogP contribution in [0.5, 0.6) is 0 Å². The molecule has 1 aromatic rings. The lowest BCUT2D eigenvalue weighted by Gasteiger charge is -2.25. The number of anilines is 1. The van der Waals surface area contributed by atoms with Gasteiger partial charge in [0.25, 0.3) is 6.43 Å². The number of nitrogens with one attached hydrogen (secondary N) is 1. The van der Waals surface area contributed by atoms with E-state index in [1.54, 1.807) is 0 Å². The summed E-state index contributed by atoms with van der Waals surface area (Å²) in [6.07, 6.45) is -7.54. The molecule has 0 aromatic heterocycles. The SMILES string of the molecule is N=C(N)c1ccc(N(CCO)CC(F)F)cc1C(F)(F)F. The molecule has 21 heavy (non-hydrogen) atoms. The van der Waals surface area contributed by atoms with Gasteiger partial charge in [-0.2, -0.15) is 13.2 Å². The Balaban J connectivity index is 3.28. The van der Waals surface area contributed by atoms with E-state index in [1.807, 2.05) is 0 Å². The predicted octanol–water partition coefficient (Wildman–Crippen LogP) is 2.05. The first-order valence-electron chi connectivity index (χ1n) is 5.86. The van der Waals surface area contributed by atoms with Gasteiger partial charge in [0, 0.05) is 17.8 Å². The molecule has 4 nitrogen and oxygen atoms in total. The van der Waals surface area contributed by atoms with Crippen molar-refractivity contribution < 1.29 is 27.1 Å². The van der Waals surface area contributed by atoms with E-state index in [-0.39, 0.29) is 12.2 Å². The molecule has 0 aliphatic heterocycles. The number of hydrogen-bond acceptors (Lipinski definition) is 3. The molecule has 1 aromatic carbocycles. The summed E-state index contributed by atoms with van der Waals surface area (Å²) in [5.74, 6) is -0.767. The van der Waals surface area contributed by atoms with E-state index in [0.29, 0.717) is 6.07 Å². The molecule has 0 bridgehead atoms. The van der Waals surface area contributed by atoms with E-state index < -0.39 is 42.7 Å². The first-order valence-corrected chi connectivity index (χ1v) is 5.86. The number of nitrogen functional groups attached to an aromatic ring is 1. The summed E-state index contributed by atoms with van der Waals surface area (Å²) >= 11 is 0. The summed E-state index contributed by atoms with van der Waals surface area (Å²) in [6.45, 7) is -1.53. The van der Waals surface area contributed by atoms with E-state index in [4.69, 9.17) is 16.2 Å². The van der Waals surface area contributed by atoms with Gasteiger partial charge in [-0.1, -0.05) is 0 Å². The lowest BCUT2D eigenvalue weighted by molar-refractivity contribution is -0.137. The maximum absolute atomic E-state index is 12.9. The molecule has 4 N–H and O–H groups in total. The maximum Gasteiger partial charge on any atom is 0.417 e. The highest BCUT2D eigenvalue weighted by Gasteiger charge is 2.34. The van der Waals surface area contributed by atoms with Crippen LogP contribution in [0.3, 0.4) is 0 Å². The molecule has 0 radical (unpaired) electrons. The number of benzene rings is 1. The van der Waals surface area contributed by atoms with Crippen LogP contribution in [-0.4, -0.2) is 37.1 Å². The van der Waals surface area contributed by atoms with Crippen LogP contribution in [0.4, 0.5) is 27.6 Å². The van der Waals surface area contributed by atoms with E-state index in [1.165, 1.54) is 0 Å². The fraction of sp³-hybridized carbons (Fsp3) is 0.417. The third-order valence-corrected chi connectivity index (χ3v) is 2.69. The predicted molar refractivity (Wildman–Crippen MR) is 67.8 cm³/mol. The van der Waals surface area contributed by atoms with Gasteiger partial charge in [0.05, 0.1) is 18.7 Å². The highest BCUT2D eigenvalue weighted by atomic mass is 19.4. The summed E-state index contributed by atoms with van der Waals surface area (Å²) in [6, 6.07) is 2.76. The van der Waals surface area contributed by atoms with Crippen molar-refractivity contribution in [1.29, 1.82) is 5.41 Å². The molecular weight excluding hydrogens is 297 g/mol. The maximum atomic E-state index is 12.9. The van der Waals surface area contributed by atoms with Gasteiger partial charge in [-0.05, 0) is 18.2 Å². The van der Waals surface area contributed by atoms with Crippen LogP contribution in [0.1, 0.15) is 11.1 Å². The quantitative estimate of drug-likeness (QED) is 0.428. The van der Waals surface area contributed by atoms with Crippen LogP contribution in [-0.2, 0) is 6.18 Å². The Kier molecular flexibility index (Phi) is 5.47. The highest BCUT2D eigenvalue weighted by Crippen LogP contribution is 2.34. The van der Waals surface area contributed by atoms with E-state index >= 15 is 0 Å². The monoisotopic (exact) mass is 311 g/mol. The van der Waals surface area contributed by atoms with Gasteiger partial charge >= 0.3 is 6.18 Å². The van der Waals surface area contributed by atoms with Crippen LogP contribution in [0, 0.1) is 5.41 Å². The molecule has 118 valence electrons. The first kappa shape index (κ1) is 17.2. The number of aliphatic hydroxyl groups is 1. The second-order valence-corrected chi connectivity index (χ2v) is 4.20. The van der Waals surface area contributed by atoms with Gasteiger partial charge in [-0.3, -0.25) is 5.41 Å². The fourth-order valence-corrected chi connectivity index (χ4v) is 1.81. The third-order valence-electron chi connectivity index (χ3n) is 2.69. The fourth-order valence-electron chi connectivity index (χ4n) is 1.81. The second kappa shape index (κ2) is 6.70. The average Bonchev–Trinajstić information content (AvgIpc) is 2.36. The molecule has 0 heterocycles. The molecule has 0 amide bonds. The highest BCUT2D eigenvalue weighted by molar-refractivity contribution is 5.97. The Bertz CT molecular complexity index is 504. The van der Waals surface area contributed by atoms with Gasteiger partial charge in [0.15, 0.2) is 0 Å². The summed E-state index contributed by atoms with van der Waals surface area (Å²) in [5, 5.41) is 16.0. The van der Waals surface area contributed by atoms with Gasteiger partial charge in [0.2, 0.25) is 0 Å². The molecule has 0 atom stereocenters. The van der Waals surface area contributed by atoms with Gasteiger partial charge < -0.3 is 15.7 Å². The number of rotatable bonds is 6. The average molecular weight is 311 g/mol. The van der Waals surface area contributed by atoms with Crippen molar-refractivity contribution >= 4 is 11.5 Å². The standard InChI is InChI=1S/C12H14F5N3O/c13-10(14)6-20(3-4-21)7-1-2-8(11(18)19)9(5-7)12(15,16)17/h1-2,5,10,21H,3-4,6H2,(H3,18,19). The smallest absolute Gasteiger partial charge is 0.395 e. The zero-order chi connectivity index (χ0) is 16.2. The number of amidine groups is 1. The van der Waals surface area contributed by atoms with Crippen LogP contribution >= 0.6 is 0 Å². The van der Waals surface area contributed by atoms with E-state index in [9.17, 15) is 22.0 Å². The Hall–Kier alpha value is -1.90. The van der Waals surface area contributed by atoms with Crippen molar-refractivity contribution in [3.05, 3.63) is 29.3 Å². The zero-order valence-corrected chi connectivity index (χ0v) is 10.8. The number of hydrogen-bond donors (Lipinski definition) is 3. The van der Waals surface area contributed by atoms with E-state index in [0.717, 1.165) is 17.0 Å². The third kappa shape index (κ3) is 4.55. The summed E-state index contributed by atoms with van der Waals surface area (Å²) in [5.41, 5.74) is 3.27. The van der Waals surface area contributed by atoms with Crippen molar-refractivity contribution in [3.63, 3.8) is 0 Å². The van der Waals surface area contributed by atoms with Crippen LogP contribution in [0.15, 0.2) is 18.2 Å². The number of nitrogens with two attached hydrogens (primary N) is 1. The topological polar surface area (TPSA) is 73.3 Å². The minimum atomic E-state index is -4.77. The van der Waals surface area contributed by atoms with Crippen molar-refractivity contribution in [1.82, 2.24) is 0 Å². The Morgan fingerprint density at radius 2 is 1.95 bits per heavy atom. The van der Waals surface area contributed by atoms with Gasteiger partial charge in [-0.25, -0.2) is 8.78 Å². The molecule has 0 fully saturated rings. The molecule has 0 saturated carbocycles. The molecular formula is C12H14F5N3O. The van der Waals surface area contributed by atoms with Crippen molar-refractivity contribution in [2.45, 2.75) is 12.6 Å². The zero-order valence-electron chi connectivity index (χ0n) is 10.8. The summed E-state index contributed by atoms with van der Waals surface area (Å²) in [4.78, 5) is 0.934. The van der Waals surface area contributed by atoms with Crippen molar-refractivity contribution in [2.75, 3.05) is 24.6 Å². The molecule has 0 unspecified atom stereocenters. The number of aliphatic hydroxyl groups excluding tert-OH is 1. The van der Waals surface area contributed by atoms with Crippen molar-refractivity contribution in [2.24, 2.45) is 5.73 Å². The molecule has 1 rings (SSSR count). The molecule has 0 spiro atoms. The summed E-state index contributed by atoms with van der Waals surface area (Å²) < 4.78 is 63.7. The molecule has 0 aliphatic carbocycles. The Morgan fingerprint density at radius 1 is 1.33 bits per heavy atom. The van der Waals surface area contributed by atoms with E-state index in [2.05, 4.69) is 0 Å². The number of halogens is 5. The largest absolute Gasteiger partial charge is 0.417 e. The normalized spacial score (nSPS) is 11.8. The Morgan fingerprint density at radius 3 is 2.38 bits per heavy atom. The molecule has 0 aliphatic rings. The van der Waals surface area contributed by atoms with Gasteiger partial charge in [0.1, 0.15) is 5.84 Å². The lowest BCUT2D eigenvalue weighted by atomic mass is 10.0. The van der Waals surface area contributed by atoms with Crippen LogP contribution < -0.4 is 10.6 Å². The minimum Gasteiger partial charge on any atom is -0.395 e. The van der Waals surface area contributed by atoms with Crippen LogP contribution in [0.2, 0.25) is 0 Å².